The number of nitrogens with one attached hydrogen (secondary N) is 3. The fourth-order valence-corrected chi connectivity index (χ4v) is 4.61. The van der Waals surface area contributed by atoms with E-state index in [1.54, 1.807) is 27.0 Å². The highest BCUT2D eigenvalue weighted by Gasteiger charge is 2.28. The summed E-state index contributed by atoms with van der Waals surface area (Å²) in [6.45, 7) is 5.15. The standard InChI is InChI=1S/C35H39N3O7/c1-35(2,3)45-34(42)38-29(32(40)43-22-24-12-6-4-7-13-24)18-19-31(39)37-30(33(41)44-23-25-14-8-5-9-15-25)20-26-21-36-28-17-11-10-16-27(26)28/h4-17,21,29-30,36H,18-20,22-23H2,1-3H3,(H,37,39)(H,38,42)/t29-,30-/m1/s1. The summed E-state index contributed by atoms with van der Waals surface area (Å²) in [5.74, 6) is -1.80. The first-order valence-electron chi connectivity index (χ1n) is 14.8. The van der Waals surface area contributed by atoms with Crippen LogP contribution in [0.5, 0.6) is 0 Å². The lowest BCUT2D eigenvalue weighted by molar-refractivity contribution is -0.150. The third-order valence-electron chi connectivity index (χ3n) is 6.80. The van der Waals surface area contributed by atoms with Crippen molar-refractivity contribution in [3.8, 4) is 0 Å². The Bertz CT molecular complexity index is 1580. The Morgan fingerprint density at radius 3 is 1.89 bits per heavy atom. The van der Waals surface area contributed by atoms with Gasteiger partial charge in [-0.15, -0.1) is 0 Å². The molecule has 0 saturated carbocycles. The number of carbonyl (C=O) groups excluding carboxylic acids is 4. The molecule has 0 saturated heterocycles. The van der Waals surface area contributed by atoms with Crippen molar-refractivity contribution in [3.63, 3.8) is 0 Å². The topological polar surface area (TPSA) is 136 Å². The molecule has 10 nitrogen and oxygen atoms in total. The van der Waals surface area contributed by atoms with E-state index < -0.39 is 41.6 Å². The molecule has 4 aromatic rings. The molecule has 4 rings (SSSR count). The number of benzene rings is 3. The maximum atomic E-state index is 13.3. The second-order valence-corrected chi connectivity index (χ2v) is 11.6. The van der Waals surface area contributed by atoms with E-state index in [4.69, 9.17) is 14.2 Å². The molecule has 0 aliphatic rings. The van der Waals surface area contributed by atoms with Crippen LogP contribution in [0, 0.1) is 0 Å². The number of ether oxygens (including phenoxy) is 3. The molecule has 2 atom stereocenters. The molecule has 10 heteroatoms. The van der Waals surface area contributed by atoms with E-state index in [9.17, 15) is 19.2 Å². The predicted molar refractivity (Wildman–Crippen MR) is 169 cm³/mol. The predicted octanol–water partition coefficient (Wildman–Crippen LogP) is 5.36. The number of aromatic nitrogens is 1. The number of H-pyrrole nitrogens is 1. The quantitative estimate of drug-likeness (QED) is 0.137. The molecular formula is C35H39N3O7. The number of hydrogen-bond donors (Lipinski definition) is 3. The molecule has 0 bridgehead atoms. The van der Waals surface area contributed by atoms with E-state index in [0.717, 1.165) is 27.6 Å². The zero-order chi connectivity index (χ0) is 32.2. The lowest BCUT2D eigenvalue weighted by Gasteiger charge is -2.23. The maximum absolute atomic E-state index is 13.3. The van der Waals surface area contributed by atoms with Crippen molar-refractivity contribution >= 4 is 34.8 Å². The summed E-state index contributed by atoms with van der Waals surface area (Å²) in [6, 6.07) is 23.9. The molecule has 3 aromatic carbocycles. The first-order valence-corrected chi connectivity index (χ1v) is 14.8. The molecule has 0 aliphatic carbocycles. The molecular weight excluding hydrogens is 574 g/mol. The Labute approximate surface area is 262 Å². The van der Waals surface area contributed by atoms with Crippen molar-refractivity contribution in [3.05, 3.63) is 108 Å². The van der Waals surface area contributed by atoms with Gasteiger partial charge in [0.1, 0.15) is 30.9 Å². The van der Waals surface area contributed by atoms with Crippen LogP contribution in [0.3, 0.4) is 0 Å². The Morgan fingerprint density at radius 2 is 1.29 bits per heavy atom. The van der Waals surface area contributed by atoms with Crippen LogP contribution in [0.15, 0.2) is 91.1 Å². The van der Waals surface area contributed by atoms with Crippen molar-refractivity contribution in [1.29, 1.82) is 0 Å². The van der Waals surface area contributed by atoms with Gasteiger partial charge in [-0.1, -0.05) is 78.9 Å². The molecule has 0 spiro atoms. The minimum absolute atomic E-state index is 0.00167. The van der Waals surface area contributed by atoms with Gasteiger partial charge in [-0.25, -0.2) is 14.4 Å². The summed E-state index contributed by atoms with van der Waals surface area (Å²) < 4.78 is 16.3. The average molecular weight is 614 g/mol. The van der Waals surface area contributed by atoms with Gasteiger partial charge in [0.2, 0.25) is 5.91 Å². The number of rotatable bonds is 13. The fourth-order valence-electron chi connectivity index (χ4n) is 4.61. The van der Waals surface area contributed by atoms with Crippen LogP contribution in [0.1, 0.15) is 50.3 Å². The van der Waals surface area contributed by atoms with E-state index in [1.165, 1.54) is 0 Å². The molecule has 2 amide bonds. The van der Waals surface area contributed by atoms with E-state index in [0.29, 0.717) is 0 Å². The number of aromatic amines is 1. The van der Waals surface area contributed by atoms with Crippen LogP contribution in [-0.2, 0) is 48.2 Å². The Kier molecular flexibility index (Phi) is 11.3. The number of carbonyl (C=O) groups is 4. The number of alkyl carbamates (subject to hydrolysis) is 1. The summed E-state index contributed by atoms with van der Waals surface area (Å²) >= 11 is 0. The van der Waals surface area contributed by atoms with E-state index in [-0.39, 0.29) is 32.5 Å². The zero-order valence-electron chi connectivity index (χ0n) is 25.7. The first kappa shape index (κ1) is 32.8. The Hall–Kier alpha value is -5.12. The molecule has 0 unspecified atom stereocenters. The van der Waals surface area contributed by atoms with Gasteiger partial charge in [0.05, 0.1) is 0 Å². The first-order chi connectivity index (χ1) is 21.6. The highest BCUT2D eigenvalue weighted by Crippen LogP contribution is 2.20. The lowest BCUT2D eigenvalue weighted by atomic mass is 10.0. The van der Waals surface area contributed by atoms with Crippen molar-refractivity contribution in [2.45, 2.75) is 70.9 Å². The summed E-state index contributed by atoms with van der Waals surface area (Å²) in [4.78, 5) is 55.2. The third kappa shape index (κ3) is 10.5. The normalized spacial score (nSPS) is 12.5. The van der Waals surface area contributed by atoms with Crippen LogP contribution in [0.4, 0.5) is 4.79 Å². The number of fused-ring (bicyclic) bond motifs is 1. The number of hydrogen-bond acceptors (Lipinski definition) is 7. The van der Waals surface area contributed by atoms with Crippen molar-refractivity contribution in [2.75, 3.05) is 0 Å². The maximum Gasteiger partial charge on any atom is 0.408 e. The minimum atomic E-state index is -1.16. The van der Waals surface area contributed by atoms with Crippen LogP contribution < -0.4 is 10.6 Å². The van der Waals surface area contributed by atoms with Crippen molar-refractivity contribution in [2.24, 2.45) is 0 Å². The highest BCUT2D eigenvalue weighted by molar-refractivity contribution is 5.88. The van der Waals surface area contributed by atoms with E-state index in [2.05, 4.69) is 15.6 Å². The van der Waals surface area contributed by atoms with Gasteiger partial charge >= 0.3 is 18.0 Å². The highest BCUT2D eigenvalue weighted by atomic mass is 16.6. The van der Waals surface area contributed by atoms with Gasteiger partial charge < -0.3 is 29.8 Å². The van der Waals surface area contributed by atoms with Crippen LogP contribution in [0.25, 0.3) is 10.9 Å². The van der Waals surface area contributed by atoms with Crippen LogP contribution in [-0.4, -0.2) is 46.6 Å². The van der Waals surface area contributed by atoms with E-state index >= 15 is 0 Å². The SMILES string of the molecule is CC(C)(C)OC(=O)N[C@H](CCC(=O)N[C@H](Cc1c[nH]c2ccccc12)C(=O)OCc1ccccc1)C(=O)OCc1ccccc1. The van der Waals surface area contributed by atoms with Crippen molar-refractivity contribution in [1.82, 2.24) is 15.6 Å². The number of para-hydroxylation sites is 1. The summed E-state index contributed by atoms with van der Waals surface area (Å²) in [5, 5.41) is 6.23. The summed E-state index contributed by atoms with van der Waals surface area (Å²) in [6.07, 6.45) is 0.903. The Morgan fingerprint density at radius 1 is 0.733 bits per heavy atom. The zero-order valence-corrected chi connectivity index (χ0v) is 25.7. The molecule has 236 valence electrons. The Balaban J connectivity index is 1.43. The van der Waals surface area contributed by atoms with Gasteiger partial charge in [0, 0.05) is 29.9 Å². The average Bonchev–Trinajstić information content (AvgIpc) is 3.43. The monoisotopic (exact) mass is 613 g/mol. The molecule has 1 heterocycles. The molecule has 1 aromatic heterocycles. The van der Waals surface area contributed by atoms with Crippen LogP contribution >= 0.6 is 0 Å². The fraction of sp³-hybridized carbons (Fsp3) is 0.314. The smallest absolute Gasteiger partial charge is 0.408 e. The largest absolute Gasteiger partial charge is 0.459 e. The van der Waals surface area contributed by atoms with Crippen LogP contribution in [0.2, 0.25) is 0 Å². The second kappa shape index (κ2) is 15.6. The molecule has 0 aliphatic heterocycles. The molecule has 0 fully saturated rings. The molecule has 45 heavy (non-hydrogen) atoms. The minimum Gasteiger partial charge on any atom is -0.459 e. The summed E-state index contributed by atoms with van der Waals surface area (Å²) in [5.41, 5.74) is 2.53. The van der Waals surface area contributed by atoms with Gasteiger partial charge in [-0.2, -0.15) is 0 Å². The molecule has 3 N–H and O–H groups in total. The van der Waals surface area contributed by atoms with Gasteiger partial charge in [0.25, 0.3) is 0 Å². The summed E-state index contributed by atoms with van der Waals surface area (Å²) in [7, 11) is 0. The third-order valence-corrected chi connectivity index (χ3v) is 6.80. The number of esters is 2. The second-order valence-electron chi connectivity index (χ2n) is 11.6. The van der Waals surface area contributed by atoms with Gasteiger partial charge in [0.15, 0.2) is 0 Å². The van der Waals surface area contributed by atoms with E-state index in [1.807, 2.05) is 84.9 Å². The lowest BCUT2D eigenvalue weighted by Crippen LogP contribution is -2.46. The number of amides is 2. The molecule has 0 radical (unpaired) electrons. The van der Waals surface area contributed by atoms with Gasteiger partial charge in [-0.3, -0.25) is 4.79 Å². The van der Waals surface area contributed by atoms with Gasteiger partial charge in [-0.05, 0) is 49.9 Å². The van der Waals surface area contributed by atoms with Crippen molar-refractivity contribution < 1.29 is 33.4 Å².